The lowest BCUT2D eigenvalue weighted by Gasteiger charge is -2.35. The summed E-state index contributed by atoms with van der Waals surface area (Å²) in [6.07, 6.45) is 0.794. The highest BCUT2D eigenvalue weighted by Gasteiger charge is 2.19. The third-order valence-corrected chi connectivity index (χ3v) is 5.48. The highest BCUT2D eigenvalue weighted by molar-refractivity contribution is 5.93. The van der Waals surface area contributed by atoms with Gasteiger partial charge in [-0.25, -0.2) is 0 Å². The number of benzene rings is 3. The van der Waals surface area contributed by atoms with Crippen molar-refractivity contribution < 1.29 is 9.90 Å². The molecule has 0 radical (unpaired) electrons. The lowest BCUT2D eigenvalue weighted by Crippen LogP contribution is -2.48. The van der Waals surface area contributed by atoms with Gasteiger partial charge in [0.05, 0.1) is 6.54 Å². The number of carbonyl (C=O) groups excluding carboxylic acids is 1. The zero-order chi connectivity index (χ0) is 20.8. The summed E-state index contributed by atoms with van der Waals surface area (Å²) in [4.78, 5) is 17.1. The fourth-order valence-corrected chi connectivity index (χ4v) is 3.83. The van der Waals surface area contributed by atoms with Gasteiger partial charge in [-0.2, -0.15) is 0 Å². The molecule has 1 saturated heterocycles. The highest BCUT2D eigenvalue weighted by atomic mass is 16.3. The maximum Gasteiger partial charge on any atom is 0.238 e. The van der Waals surface area contributed by atoms with Gasteiger partial charge in [0.25, 0.3) is 0 Å². The second kappa shape index (κ2) is 9.46. The minimum absolute atomic E-state index is 0.0218. The van der Waals surface area contributed by atoms with Gasteiger partial charge < -0.3 is 15.3 Å². The Morgan fingerprint density at radius 3 is 2.23 bits per heavy atom. The van der Waals surface area contributed by atoms with E-state index in [-0.39, 0.29) is 11.7 Å². The van der Waals surface area contributed by atoms with Gasteiger partial charge in [-0.05, 0) is 47.9 Å². The van der Waals surface area contributed by atoms with Crippen molar-refractivity contribution in [2.24, 2.45) is 0 Å². The van der Waals surface area contributed by atoms with Gasteiger partial charge in [0.15, 0.2) is 0 Å². The first kappa shape index (κ1) is 20.0. The number of piperazine rings is 1. The number of rotatable bonds is 6. The van der Waals surface area contributed by atoms with Gasteiger partial charge in [0.2, 0.25) is 5.91 Å². The molecular formula is C25H27N3O2. The average molecular weight is 402 g/mol. The lowest BCUT2D eigenvalue weighted by molar-refractivity contribution is -0.117. The third-order valence-electron chi connectivity index (χ3n) is 5.48. The quantitative estimate of drug-likeness (QED) is 0.661. The molecule has 0 atom stereocenters. The second-order valence-electron chi connectivity index (χ2n) is 7.65. The summed E-state index contributed by atoms with van der Waals surface area (Å²) < 4.78 is 0. The Morgan fingerprint density at radius 2 is 1.50 bits per heavy atom. The molecule has 0 aliphatic carbocycles. The van der Waals surface area contributed by atoms with Crippen LogP contribution >= 0.6 is 0 Å². The van der Waals surface area contributed by atoms with Crippen molar-refractivity contribution in [3.8, 4) is 5.75 Å². The molecule has 0 aromatic heterocycles. The smallest absolute Gasteiger partial charge is 0.238 e. The van der Waals surface area contributed by atoms with Crippen LogP contribution in [0.2, 0.25) is 0 Å². The molecule has 0 spiro atoms. The van der Waals surface area contributed by atoms with E-state index in [1.165, 1.54) is 5.56 Å². The summed E-state index contributed by atoms with van der Waals surface area (Å²) >= 11 is 0. The molecule has 154 valence electrons. The minimum atomic E-state index is 0.0218. The van der Waals surface area contributed by atoms with Gasteiger partial charge in [0, 0.05) is 37.6 Å². The zero-order valence-electron chi connectivity index (χ0n) is 17.0. The van der Waals surface area contributed by atoms with Crippen LogP contribution in [0.15, 0.2) is 78.9 Å². The predicted octanol–water partition coefficient (Wildman–Crippen LogP) is 3.74. The predicted molar refractivity (Wildman–Crippen MR) is 121 cm³/mol. The molecule has 3 aromatic carbocycles. The van der Waals surface area contributed by atoms with Gasteiger partial charge in [-0.15, -0.1) is 0 Å². The first-order valence-corrected chi connectivity index (χ1v) is 10.4. The Morgan fingerprint density at radius 1 is 0.833 bits per heavy atom. The van der Waals surface area contributed by atoms with Crippen LogP contribution in [0.5, 0.6) is 5.75 Å². The van der Waals surface area contributed by atoms with Crippen molar-refractivity contribution in [1.29, 1.82) is 0 Å². The number of phenols is 1. The van der Waals surface area contributed by atoms with Gasteiger partial charge in [0.1, 0.15) is 5.75 Å². The minimum Gasteiger partial charge on any atom is -0.508 e. The number of phenolic OH excluding ortho intramolecular Hbond substituents is 1. The largest absolute Gasteiger partial charge is 0.508 e. The van der Waals surface area contributed by atoms with E-state index >= 15 is 0 Å². The lowest BCUT2D eigenvalue weighted by atomic mass is 10.0. The van der Waals surface area contributed by atoms with Crippen LogP contribution in [-0.2, 0) is 11.2 Å². The molecule has 1 fully saturated rings. The molecule has 2 N–H and O–H groups in total. The van der Waals surface area contributed by atoms with Gasteiger partial charge >= 0.3 is 0 Å². The summed E-state index contributed by atoms with van der Waals surface area (Å²) in [6.45, 7) is 3.79. The van der Waals surface area contributed by atoms with E-state index in [4.69, 9.17) is 0 Å². The summed E-state index contributed by atoms with van der Waals surface area (Å²) in [5, 5.41) is 12.6. The topological polar surface area (TPSA) is 55.8 Å². The number of carbonyl (C=O) groups is 1. The second-order valence-corrected chi connectivity index (χ2v) is 7.65. The molecule has 1 heterocycles. The molecule has 5 heteroatoms. The fraction of sp³-hybridized carbons (Fsp3) is 0.240. The Balaban J connectivity index is 1.31. The molecule has 1 amide bonds. The Bertz CT molecular complexity index is 965. The number of nitrogens with zero attached hydrogens (tertiary/aromatic N) is 2. The monoisotopic (exact) mass is 401 g/mol. The van der Waals surface area contributed by atoms with Crippen LogP contribution in [0.25, 0.3) is 0 Å². The summed E-state index contributed by atoms with van der Waals surface area (Å²) in [6, 6.07) is 25.6. The molecule has 4 rings (SSSR count). The Labute approximate surface area is 177 Å². The van der Waals surface area contributed by atoms with Crippen LogP contribution in [0.1, 0.15) is 11.1 Å². The first-order valence-electron chi connectivity index (χ1n) is 10.4. The zero-order valence-corrected chi connectivity index (χ0v) is 17.0. The first-order chi connectivity index (χ1) is 14.7. The molecular weight excluding hydrogens is 374 g/mol. The Hall–Kier alpha value is -3.31. The van der Waals surface area contributed by atoms with Crippen molar-refractivity contribution in [3.63, 3.8) is 0 Å². The molecule has 0 unspecified atom stereocenters. The summed E-state index contributed by atoms with van der Waals surface area (Å²) in [5.74, 6) is 0.301. The van der Waals surface area contributed by atoms with Crippen LogP contribution in [0, 0.1) is 0 Å². The normalized spacial score (nSPS) is 14.5. The van der Waals surface area contributed by atoms with Crippen molar-refractivity contribution in [2.45, 2.75) is 6.42 Å². The molecule has 5 nitrogen and oxygen atoms in total. The van der Waals surface area contributed by atoms with E-state index < -0.39 is 0 Å². The number of aromatic hydroxyl groups is 1. The molecule has 30 heavy (non-hydrogen) atoms. The van der Waals surface area contributed by atoms with E-state index in [2.05, 4.69) is 33.3 Å². The van der Waals surface area contributed by atoms with Crippen LogP contribution in [-0.4, -0.2) is 48.6 Å². The number of hydrogen-bond donors (Lipinski definition) is 2. The van der Waals surface area contributed by atoms with E-state index in [1.54, 1.807) is 12.1 Å². The third kappa shape index (κ3) is 5.19. The van der Waals surface area contributed by atoms with Gasteiger partial charge in [-0.3, -0.25) is 9.69 Å². The number of amides is 1. The number of para-hydroxylation sites is 1. The van der Waals surface area contributed by atoms with Crippen molar-refractivity contribution in [1.82, 2.24) is 4.90 Å². The molecule has 0 bridgehead atoms. The molecule has 1 aliphatic heterocycles. The van der Waals surface area contributed by atoms with Gasteiger partial charge in [-0.1, -0.05) is 48.5 Å². The summed E-state index contributed by atoms with van der Waals surface area (Å²) in [7, 11) is 0. The maximum atomic E-state index is 12.7. The van der Waals surface area contributed by atoms with E-state index in [1.807, 2.05) is 48.5 Å². The number of hydrogen-bond acceptors (Lipinski definition) is 4. The average Bonchev–Trinajstić information content (AvgIpc) is 2.77. The molecule has 0 saturated carbocycles. The van der Waals surface area contributed by atoms with Crippen LogP contribution < -0.4 is 10.2 Å². The molecule has 1 aliphatic rings. The van der Waals surface area contributed by atoms with Crippen LogP contribution in [0.3, 0.4) is 0 Å². The fourth-order valence-electron chi connectivity index (χ4n) is 3.83. The SMILES string of the molecule is O=C(CN1CCN(c2ccc(O)cc2)CC1)Nc1ccccc1Cc1ccccc1. The van der Waals surface area contributed by atoms with Crippen molar-refractivity contribution in [2.75, 3.05) is 42.9 Å². The van der Waals surface area contributed by atoms with E-state index in [0.717, 1.165) is 49.5 Å². The number of nitrogens with one attached hydrogen (secondary N) is 1. The van der Waals surface area contributed by atoms with Crippen molar-refractivity contribution >= 4 is 17.3 Å². The molecule has 3 aromatic rings. The van der Waals surface area contributed by atoms with E-state index in [0.29, 0.717) is 6.54 Å². The van der Waals surface area contributed by atoms with Crippen LogP contribution in [0.4, 0.5) is 11.4 Å². The Kier molecular flexibility index (Phi) is 6.30. The summed E-state index contributed by atoms with van der Waals surface area (Å²) in [5.41, 5.74) is 4.33. The highest BCUT2D eigenvalue weighted by Crippen LogP contribution is 2.21. The number of anilines is 2. The van der Waals surface area contributed by atoms with Crippen molar-refractivity contribution in [3.05, 3.63) is 90.0 Å². The maximum absolute atomic E-state index is 12.7. The van der Waals surface area contributed by atoms with E-state index in [9.17, 15) is 9.90 Å². The standard InChI is InChI=1S/C25H27N3O2/c29-23-12-10-22(11-13-23)28-16-14-27(15-17-28)19-25(30)26-24-9-5-4-8-21(24)18-20-6-2-1-3-7-20/h1-13,29H,14-19H2,(H,26,30).